The molecule has 0 aliphatic carbocycles. The molecule has 1 atom stereocenters. The maximum Gasteiger partial charge on any atom is 0.320 e. The molecule has 2 N–H and O–H groups in total. The van der Waals surface area contributed by atoms with Gasteiger partial charge in [-0.1, -0.05) is 5.92 Å². The zero-order chi connectivity index (χ0) is 13.5. The highest BCUT2D eigenvalue weighted by Crippen LogP contribution is 2.06. The molecule has 1 heterocycles. The molecule has 0 aromatic carbocycles. The molecule has 0 aromatic rings. The zero-order valence-corrected chi connectivity index (χ0v) is 10.8. The number of rotatable bonds is 3. The molecular weight excluding hydrogens is 234 g/mol. The van der Waals surface area contributed by atoms with Crippen molar-refractivity contribution in [3.8, 4) is 11.8 Å². The zero-order valence-electron chi connectivity index (χ0n) is 10.8. The van der Waals surface area contributed by atoms with E-state index in [2.05, 4.69) is 17.2 Å². The third kappa shape index (κ3) is 3.93. The normalized spacial score (nSPS) is 17.6. The second kappa shape index (κ2) is 6.87. The van der Waals surface area contributed by atoms with Crippen molar-refractivity contribution < 1.29 is 14.7 Å². The van der Waals surface area contributed by atoms with E-state index in [1.54, 1.807) is 18.7 Å². The van der Waals surface area contributed by atoms with Crippen molar-refractivity contribution in [3.05, 3.63) is 0 Å². The lowest BCUT2D eigenvalue weighted by Crippen LogP contribution is -2.55. The smallest absolute Gasteiger partial charge is 0.320 e. The van der Waals surface area contributed by atoms with E-state index in [0.29, 0.717) is 32.7 Å². The number of hydrogen-bond donors (Lipinski definition) is 2. The lowest BCUT2D eigenvalue weighted by molar-refractivity contribution is -0.143. The molecule has 0 radical (unpaired) electrons. The molecule has 6 nitrogen and oxygen atoms in total. The van der Waals surface area contributed by atoms with E-state index in [1.807, 2.05) is 4.90 Å². The summed E-state index contributed by atoms with van der Waals surface area (Å²) in [6.07, 6.45) is 0. The number of nitrogens with zero attached hydrogens (tertiary/aromatic N) is 2. The highest BCUT2D eigenvalue weighted by Gasteiger charge is 2.26. The Balaban J connectivity index is 2.36. The van der Waals surface area contributed by atoms with Crippen LogP contribution in [0, 0.1) is 11.8 Å². The molecule has 2 amide bonds. The molecule has 0 spiro atoms. The van der Waals surface area contributed by atoms with E-state index in [-0.39, 0.29) is 6.03 Å². The fourth-order valence-corrected chi connectivity index (χ4v) is 1.79. The Morgan fingerprint density at radius 2 is 1.94 bits per heavy atom. The minimum Gasteiger partial charge on any atom is -0.480 e. The first-order chi connectivity index (χ1) is 8.56. The summed E-state index contributed by atoms with van der Waals surface area (Å²) in [4.78, 5) is 26.1. The van der Waals surface area contributed by atoms with Gasteiger partial charge in [-0.15, -0.1) is 5.92 Å². The van der Waals surface area contributed by atoms with E-state index < -0.39 is 12.0 Å². The maximum atomic E-state index is 11.7. The van der Waals surface area contributed by atoms with Crippen LogP contribution in [0.15, 0.2) is 0 Å². The summed E-state index contributed by atoms with van der Waals surface area (Å²) in [5, 5.41) is 11.6. The molecular formula is C12H19N3O3. The van der Waals surface area contributed by atoms with Gasteiger partial charge in [0.15, 0.2) is 0 Å². The molecule has 18 heavy (non-hydrogen) atoms. The van der Waals surface area contributed by atoms with Gasteiger partial charge in [0.25, 0.3) is 0 Å². The van der Waals surface area contributed by atoms with Crippen LogP contribution >= 0.6 is 0 Å². The number of aliphatic carboxylic acids is 1. The summed E-state index contributed by atoms with van der Waals surface area (Å²) in [6, 6.07) is -0.637. The molecule has 0 bridgehead atoms. The van der Waals surface area contributed by atoms with Gasteiger partial charge in [-0.3, -0.25) is 9.69 Å². The standard InChI is InChI=1S/C12H19N3O3/c1-3-4-5-13-12(18)15-8-6-14(7-9-15)10(2)11(16)17/h10H,5-9H2,1-2H3,(H,13,18)(H,16,17). The van der Waals surface area contributed by atoms with Gasteiger partial charge in [0, 0.05) is 26.2 Å². The van der Waals surface area contributed by atoms with Crippen LogP contribution in [0.4, 0.5) is 4.79 Å². The molecule has 1 aliphatic heterocycles. The summed E-state index contributed by atoms with van der Waals surface area (Å²) < 4.78 is 0. The second-order valence-corrected chi connectivity index (χ2v) is 4.12. The quantitative estimate of drug-likeness (QED) is 0.684. The number of hydrogen-bond acceptors (Lipinski definition) is 3. The molecule has 1 unspecified atom stereocenters. The van der Waals surface area contributed by atoms with Crippen LogP contribution < -0.4 is 5.32 Å². The Morgan fingerprint density at radius 1 is 1.33 bits per heavy atom. The fraction of sp³-hybridized carbons (Fsp3) is 0.667. The van der Waals surface area contributed by atoms with Crippen molar-refractivity contribution in [2.24, 2.45) is 0 Å². The van der Waals surface area contributed by atoms with E-state index in [1.165, 1.54) is 0 Å². The van der Waals surface area contributed by atoms with Crippen molar-refractivity contribution in [2.75, 3.05) is 32.7 Å². The average Bonchev–Trinajstić information content (AvgIpc) is 2.38. The summed E-state index contributed by atoms with van der Waals surface area (Å²) >= 11 is 0. The van der Waals surface area contributed by atoms with E-state index in [9.17, 15) is 9.59 Å². The van der Waals surface area contributed by atoms with E-state index in [4.69, 9.17) is 5.11 Å². The Morgan fingerprint density at radius 3 is 2.44 bits per heavy atom. The minimum atomic E-state index is -0.828. The molecule has 1 aliphatic rings. The van der Waals surface area contributed by atoms with Crippen molar-refractivity contribution in [2.45, 2.75) is 19.9 Å². The van der Waals surface area contributed by atoms with Gasteiger partial charge < -0.3 is 15.3 Å². The number of amides is 2. The van der Waals surface area contributed by atoms with Crippen molar-refractivity contribution >= 4 is 12.0 Å². The van der Waals surface area contributed by atoms with E-state index >= 15 is 0 Å². The summed E-state index contributed by atoms with van der Waals surface area (Å²) in [7, 11) is 0. The van der Waals surface area contributed by atoms with Gasteiger partial charge >= 0.3 is 12.0 Å². The van der Waals surface area contributed by atoms with Crippen molar-refractivity contribution in [1.82, 2.24) is 15.1 Å². The van der Waals surface area contributed by atoms with Gasteiger partial charge in [-0.2, -0.15) is 0 Å². The lowest BCUT2D eigenvalue weighted by atomic mass is 10.2. The third-order valence-corrected chi connectivity index (χ3v) is 3.01. The number of piperazine rings is 1. The molecule has 0 aromatic heterocycles. The van der Waals surface area contributed by atoms with Gasteiger partial charge in [0.05, 0.1) is 6.54 Å². The van der Waals surface area contributed by atoms with Gasteiger partial charge in [0.2, 0.25) is 0 Å². The molecule has 1 fully saturated rings. The predicted molar refractivity (Wildman–Crippen MR) is 67.1 cm³/mol. The van der Waals surface area contributed by atoms with Gasteiger partial charge in [-0.25, -0.2) is 4.79 Å². The number of carbonyl (C=O) groups is 2. The summed E-state index contributed by atoms with van der Waals surface area (Å²) in [5.74, 6) is 4.64. The third-order valence-electron chi connectivity index (χ3n) is 3.01. The van der Waals surface area contributed by atoms with Crippen LogP contribution in [0.25, 0.3) is 0 Å². The van der Waals surface area contributed by atoms with Crippen molar-refractivity contribution in [3.63, 3.8) is 0 Å². The highest BCUT2D eigenvalue weighted by atomic mass is 16.4. The first-order valence-electron chi connectivity index (χ1n) is 5.95. The fourth-order valence-electron chi connectivity index (χ4n) is 1.79. The maximum absolute atomic E-state index is 11.7. The number of carbonyl (C=O) groups excluding carboxylic acids is 1. The average molecular weight is 253 g/mol. The largest absolute Gasteiger partial charge is 0.480 e. The monoisotopic (exact) mass is 253 g/mol. The topological polar surface area (TPSA) is 72.9 Å². The Bertz CT molecular complexity index is 364. The summed E-state index contributed by atoms with van der Waals surface area (Å²) in [5.41, 5.74) is 0. The lowest BCUT2D eigenvalue weighted by Gasteiger charge is -2.36. The van der Waals surface area contributed by atoms with Crippen LogP contribution in [0.1, 0.15) is 13.8 Å². The van der Waals surface area contributed by atoms with Crippen molar-refractivity contribution in [1.29, 1.82) is 0 Å². The number of nitrogens with one attached hydrogen (secondary N) is 1. The van der Waals surface area contributed by atoms with Crippen LogP contribution in [0.5, 0.6) is 0 Å². The van der Waals surface area contributed by atoms with Crippen LogP contribution in [-0.2, 0) is 4.79 Å². The first-order valence-corrected chi connectivity index (χ1v) is 5.95. The molecule has 1 saturated heterocycles. The first kappa shape index (κ1) is 14.3. The molecule has 0 saturated carbocycles. The molecule has 1 rings (SSSR count). The number of carboxylic acids is 1. The predicted octanol–water partition coefficient (Wildman–Crippen LogP) is -0.190. The number of urea groups is 1. The summed E-state index contributed by atoms with van der Waals surface area (Å²) in [6.45, 7) is 5.99. The minimum absolute atomic E-state index is 0.139. The molecule has 100 valence electrons. The number of carboxylic acid groups (broad SMARTS) is 1. The second-order valence-electron chi connectivity index (χ2n) is 4.12. The molecule has 6 heteroatoms. The van der Waals surface area contributed by atoms with E-state index in [0.717, 1.165) is 0 Å². The van der Waals surface area contributed by atoms with Gasteiger partial charge in [-0.05, 0) is 13.8 Å². The SMILES string of the molecule is CC#CCNC(=O)N1CCN(C(C)C(=O)O)CC1. The highest BCUT2D eigenvalue weighted by molar-refractivity contribution is 5.75. The van der Waals surface area contributed by atoms with Crippen LogP contribution in [0.2, 0.25) is 0 Å². The van der Waals surface area contributed by atoms with Crippen LogP contribution in [0.3, 0.4) is 0 Å². The van der Waals surface area contributed by atoms with Gasteiger partial charge in [0.1, 0.15) is 6.04 Å². The Hall–Kier alpha value is -1.74. The van der Waals surface area contributed by atoms with Crippen LogP contribution in [-0.4, -0.2) is 65.7 Å². The Labute approximate surface area is 107 Å². The Kier molecular flexibility index (Phi) is 5.46.